The molecule has 0 radical (unpaired) electrons. The monoisotopic (exact) mass is 299 g/mol. The Morgan fingerprint density at radius 1 is 1.19 bits per heavy atom. The van der Waals surface area contributed by atoms with Crippen molar-refractivity contribution in [2.24, 2.45) is 11.3 Å². The molecule has 21 heavy (non-hydrogen) atoms. The fraction of sp³-hybridized carbons (Fsp3) is 0.867. The summed E-state index contributed by atoms with van der Waals surface area (Å²) in [4.78, 5) is 25.2. The lowest BCUT2D eigenvalue weighted by Crippen LogP contribution is -2.43. The lowest BCUT2D eigenvalue weighted by molar-refractivity contribution is -0.142. The van der Waals surface area contributed by atoms with E-state index in [9.17, 15) is 14.7 Å². The van der Waals surface area contributed by atoms with Gasteiger partial charge in [0, 0.05) is 19.6 Å². The highest BCUT2D eigenvalue weighted by atomic mass is 16.4. The minimum Gasteiger partial charge on any atom is -0.481 e. The predicted molar refractivity (Wildman–Crippen MR) is 82.3 cm³/mol. The van der Waals surface area contributed by atoms with E-state index in [1.807, 2.05) is 20.8 Å². The molecule has 6 heteroatoms. The number of amides is 2. The summed E-state index contributed by atoms with van der Waals surface area (Å²) in [6.07, 6.45) is 3.01. The maximum Gasteiger partial charge on any atom is 0.314 e. The van der Waals surface area contributed by atoms with Crippen molar-refractivity contribution in [1.29, 1.82) is 0 Å². The molecule has 1 fully saturated rings. The molecule has 6 nitrogen and oxygen atoms in total. The van der Waals surface area contributed by atoms with Crippen molar-refractivity contribution in [1.82, 2.24) is 15.5 Å². The number of rotatable bonds is 7. The topological polar surface area (TPSA) is 81.7 Å². The summed E-state index contributed by atoms with van der Waals surface area (Å²) in [7, 11) is 0. The number of nitrogens with one attached hydrogen (secondary N) is 2. The van der Waals surface area contributed by atoms with Gasteiger partial charge in [0.25, 0.3) is 0 Å². The molecule has 1 rings (SSSR count). The maximum atomic E-state index is 11.7. The van der Waals surface area contributed by atoms with E-state index in [-0.39, 0.29) is 18.0 Å². The third-order valence-electron chi connectivity index (χ3n) is 3.63. The van der Waals surface area contributed by atoms with Gasteiger partial charge >= 0.3 is 12.0 Å². The highest BCUT2D eigenvalue weighted by Crippen LogP contribution is 2.24. The predicted octanol–water partition coefficient (Wildman–Crippen LogP) is 1.52. The SMILES string of the molecule is CC(C)(C)CC(CNC(=O)NCCN1CCCC1)C(=O)O. The molecular formula is C15H29N3O3. The van der Waals surface area contributed by atoms with Crippen LogP contribution in [0.4, 0.5) is 4.79 Å². The van der Waals surface area contributed by atoms with Gasteiger partial charge in [0.1, 0.15) is 0 Å². The molecule has 1 heterocycles. The van der Waals surface area contributed by atoms with E-state index in [1.165, 1.54) is 12.8 Å². The van der Waals surface area contributed by atoms with Crippen LogP contribution in [-0.2, 0) is 4.79 Å². The second-order valence-electron chi connectivity index (χ2n) is 6.99. The van der Waals surface area contributed by atoms with Crippen LogP contribution < -0.4 is 10.6 Å². The Kier molecular flexibility index (Phi) is 6.95. The number of urea groups is 1. The van der Waals surface area contributed by atoms with Crippen molar-refractivity contribution in [3.63, 3.8) is 0 Å². The van der Waals surface area contributed by atoms with E-state index < -0.39 is 11.9 Å². The highest BCUT2D eigenvalue weighted by Gasteiger charge is 2.24. The Morgan fingerprint density at radius 3 is 2.33 bits per heavy atom. The van der Waals surface area contributed by atoms with Crippen LogP contribution in [0.25, 0.3) is 0 Å². The van der Waals surface area contributed by atoms with E-state index in [0.29, 0.717) is 13.0 Å². The fourth-order valence-electron chi connectivity index (χ4n) is 2.60. The fourth-order valence-corrected chi connectivity index (χ4v) is 2.60. The minimum absolute atomic E-state index is 0.0725. The Hall–Kier alpha value is -1.30. The Labute approximate surface area is 127 Å². The van der Waals surface area contributed by atoms with Crippen LogP contribution in [0.3, 0.4) is 0 Å². The van der Waals surface area contributed by atoms with Gasteiger partial charge in [0.05, 0.1) is 5.92 Å². The smallest absolute Gasteiger partial charge is 0.314 e. The van der Waals surface area contributed by atoms with Crippen molar-refractivity contribution in [3.8, 4) is 0 Å². The Bertz CT molecular complexity index is 347. The maximum absolute atomic E-state index is 11.7. The van der Waals surface area contributed by atoms with Gasteiger partial charge in [-0.15, -0.1) is 0 Å². The largest absolute Gasteiger partial charge is 0.481 e. The quantitative estimate of drug-likeness (QED) is 0.666. The van der Waals surface area contributed by atoms with Crippen molar-refractivity contribution in [2.75, 3.05) is 32.7 Å². The number of carbonyl (C=O) groups is 2. The van der Waals surface area contributed by atoms with Gasteiger partial charge in [-0.1, -0.05) is 20.8 Å². The summed E-state index contributed by atoms with van der Waals surface area (Å²) in [5, 5.41) is 14.6. The zero-order valence-electron chi connectivity index (χ0n) is 13.4. The van der Waals surface area contributed by atoms with Crippen LogP contribution in [0.15, 0.2) is 0 Å². The second-order valence-corrected chi connectivity index (χ2v) is 6.99. The molecule has 2 amide bonds. The average Bonchev–Trinajstić information content (AvgIpc) is 2.86. The summed E-state index contributed by atoms with van der Waals surface area (Å²) in [6, 6.07) is -0.283. The van der Waals surface area contributed by atoms with E-state index in [4.69, 9.17) is 0 Å². The number of aliphatic carboxylic acids is 1. The van der Waals surface area contributed by atoms with Crippen molar-refractivity contribution >= 4 is 12.0 Å². The molecule has 0 saturated carbocycles. The molecule has 0 aromatic carbocycles. The van der Waals surface area contributed by atoms with E-state index in [0.717, 1.165) is 19.6 Å². The number of carboxylic acid groups (broad SMARTS) is 1. The third kappa shape index (κ3) is 7.90. The van der Waals surface area contributed by atoms with E-state index in [1.54, 1.807) is 0 Å². The standard InChI is InChI=1S/C15H29N3O3/c1-15(2,3)10-12(13(19)20)11-17-14(21)16-6-9-18-7-4-5-8-18/h12H,4-11H2,1-3H3,(H,19,20)(H2,16,17,21). The molecule has 1 saturated heterocycles. The number of hydrogen-bond acceptors (Lipinski definition) is 3. The lowest BCUT2D eigenvalue weighted by atomic mass is 9.84. The van der Waals surface area contributed by atoms with Crippen molar-refractivity contribution in [3.05, 3.63) is 0 Å². The van der Waals surface area contributed by atoms with Gasteiger partial charge in [-0.2, -0.15) is 0 Å². The first-order chi connectivity index (χ1) is 9.78. The van der Waals surface area contributed by atoms with Crippen LogP contribution in [-0.4, -0.2) is 54.7 Å². The summed E-state index contributed by atoms with van der Waals surface area (Å²) in [6.45, 7) is 9.84. The molecule has 0 aliphatic carbocycles. The molecule has 1 atom stereocenters. The van der Waals surface area contributed by atoms with Crippen molar-refractivity contribution < 1.29 is 14.7 Å². The summed E-state index contributed by atoms with van der Waals surface area (Å²) in [5.41, 5.74) is -0.0725. The first-order valence-corrected chi connectivity index (χ1v) is 7.75. The lowest BCUT2D eigenvalue weighted by Gasteiger charge is -2.23. The molecule has 1 aliphatic rings. The van der Waals surface area contributed by atoms with Gasteiger partial charge in [-0.05, 0) is 37.8 Å². The number of likely N-dealkylation sites (tertiary alicyclic amines) is 1. The molecule has 122 valence electrons. The molecular weight excluding hydrogens is 270 g/mol. The molecule has 1 unspecified atom stereocenters. The summed E-state index contributed by atoms with van der Waals surface area (Å²) < 4.78 is 0. The van der Waals surface area contributed by atoms with Crippen LogP contribution in [0, 0.1) is 11.3 Å². The van der Waals surface area contributed by atoms with Crippen LogP contribution in [0.5, 0.6) is 0 Å². The number of hydrogen-bond donors (Lipinski definition) is 3. The number of nitrogens with zero attached hydrogens (tertiary/aromatic N) is 1. The van der Waals surface area contributed by atoms with Crippen LogP contribution in [0.2, 0.25) is 0 Å². The highest BCUT2D eigenvalue weighted by molar-refractivity contribution is 5.75. The molecule has 3 N–H and O–H groups in total. The minimum atomic E-state index is -0.859. The molecule has 0 aromatic rings. The van der Waals surface area contributed by atoms with Crippen molar-refractivity contribution in [2.45, 2.75) is 40.0 Å². The van der Waals surface area contributed by atoms with Crippen LogP contribution >= 0.6 is 0 Å². The zero-order valence-corrected chi connectivity index (χ0v) is 13.4. The second kappa shape index (κ2) is 8.22. The summed E-state index contributed by atoms with van der Waals surface area (Å²) in [5.74, 6) is -1.41. The number of carboxylic acids is 1. The normalized spacial score (nSPS) is 17.5. The van der Waals surface area contributed by atoms with Gasteiger partial charge < -0.3 is 20.6 Å². The summed E-state index contributed by atoms with van der Waals surface area (Å²) >= 11 is 0. The Balaban J connectivity index is 2.21. The zero-order chi connectivity index (χ0) is 15.9. The molecule has 0 bridgehead atoms. The first kappa shape index (κ1) is 17.8. The van der Waals surface area contributed by atoms with Crippen LogP contribution in [0.1, 0.15) is 40.0 Å². The molecule has 0 aromatic heterocycles. The Morgan fingerprint density at radius 2 is 1.81 bits per heavy atom. The average molecular weight is 299 g/mol. The van der Waals surface area contributed by atoms with Gasteiger partial charge in [-0.3, -0.25) is 4.79 Å². The third-order valence-corrected chi connectivity index (χ3v) is 3.63. The van der Waals surface area contributed by atoms with E-state index >= 15 is 0 Å². The first-order valence-electron chi connectivity index (χ1n) is 7.75. The molecule has 0 spiro atoms. The van der Waals surface area contributed by atoms with Gasteiger partial charge in [-0.25, -0.2) is 4.79 Å². The van der Waals surface area contributed by atoms with Gasteiger partial charge in [0.15, 0.2) is 0 Å². The van der Waals surface area contributed by atoms with Gasteiger partial charge in [0.2, 0.25) is 0 Å². The molecule has 1 aliphatic heterocycles. The number of carbonyl (C=O) groups excluding carboxylic acids is 1. The van der Waals surface area contributed by atoms with E-state index in [2.05, 4.69) is 15.5 Å².